The number of carbonyl (C=O) groups excluding carboxylic acids is 1. The van der Waals surface area contributed by atoms with E-state index in [4.69, 9.17) is 0 Å². The minimum atomic E-state index is -4.86. The zero-order chi connectivity index (χ0) is 23.3. The fraction of sp³-hybridized carbons (Fsp3) is 0.476. The van der Waals surface area contributed by atoms with Crippen molar-refractivity contribution in [3.05, 3.63) is 35.5 Å². The molecule has 0 aliphatic carbocycles. The summed E-state index contributed by atoms with van der Waals surface area (Å²) in [5.74, 6) is 0.205. The van der Waals surface area contributed by atoms with Crippen molar-refractivity contribution in [1.82, 2.24) is 15.3 Å². The summed E-state index contributed by atoms with van der Waals surface area (Å²) in [6.45, 7) is 6.68. The fourth-order valence-electron chi connectivity index (χ4n) is 3.88. The van der Waals surface area contributed by atoms with Crippen LogP contribution in [0.2, 0.25) is 0 Å². The van der Waals surface area contributed by atoms with Crippen LogP contribution in [0.5, 0.6) is 0 Å². The van der Waals surface area contributed by atoms with Crippen LogP contribution in [0.25, 0.3) is 11.3 Å². The molecule has 1 saturated heterocycles. The lowest BCUT2D eigenvalue weighted by molar-refractivity contribution is -0.206. The molecule has 0 saturated carbocycles. The molecule has 2 N–H and O–H groups in total. The van der Waals surface area contributed by atoms with Crippen molar-refractivity contribution in [2.24, 2.45) is 0 Å². The number of halogens is 4. The van der Waals surface area contributed by atoms with Crippen molar-refractivity contribution in [3.63, 3.8) is 0 Å². The number of nitrogens with one attached hydrogen (secondary N) is 2. The van der Waals surface area contributed by atoms with Crippen molar-refractivity contribution in [1.29, 1.82) is 0 Å². The Balaban J connectivity index is 1.90. The molecule has 7 nitrogen and oxygen atoms in total. The first-order chi connectivity index (χ1) is 14.9. The molecule has 0 radical (unpaired) electrons. The van der Waals surface area contributed by atoms with Crippen LogP contribution >= 0.6 is 0 Å². The number of aromatic nitrogens is 2. The molecule has 2 aliphatic heterocycles. The number of ether oxygens (including phenoxy) is 1. The Labute approximate surface area is 182 Å². The van der Waals surface area contributed by atoms with Crippen molar-refractivity contribution in [2.45, 2.75) is 44.8 Å². The summed E-state index contributed by atoms with van der Waals surface area (Å²) in [5.41, 5.74) is -1.64. The highest BCUT2D eigenvalue weighted by Gasteiger charge is 2.49. The molecule has 11 heteroatoms. The first kappa shape index (κ1) is 22.3. The third-order valence-electron chi connectivity index (χ3n) is 5.46. The average molecular weight is 453 g/mol. The third kappa shape index (κ3) is 4.34. The summed E-state index contributed by atoms with van der Waals surface area (Å²) in [5, 5.41) is 5.51. The summed E-state index contributed by atoms with van der Waals surface area (Å²) >= 11 is 0. The monoisotopic (exact) mass is 453 g/mol. The molecule has 4 rings (SSSR count). The van der Waals surface area contributed by atoms with Crippen LogP contribution < -0.4 is 15.5 Å². The van der Waals surface area contributed by atoms with Gasteiger partial charge in [0.1, 0.15) is 17.3 Å². The Hall–Kier alpha value is -2.95. The summed E-state index contributed by atoms with van der Waals surface area (Å²) in [6.07, 6.45) is -7.35. The maximum absolute atomic E-state index is 15.0. The van der Waals surface area contributed by atoms with Gasteiger partial charge in [0.05, 0.1) is 11.3 Å². The van der Waals surface area contributed by atoms with Crippen LogP contribution in [0.3, 0.4) is 0 Å². The number of pyridine rings is 2. The number of piperazine rings is 1. The number of rotatable bonds is 3. The van der Waals surface area contributed by atoms with Gasteiger partial charge in [-0.25, -0.2) is 19.2 Å². The number of cyclic esters (lactones) is 1. The Kier molecular flexibility index (Phi) is 5.48. The normalized spacial score (nSPS) is 21.6. The smallest absolute Gasteiger partial charge is 0.430 e. The minimum absolute atomic E-state index is 0.0628. The molecule has 172 valence electrons. The largest absolute Gasteiger partial charge is 0.431 e. The summed E-state index contributed by atoms with van der Waals surface area (Å²) in [7, 11) is 0. The van der Waals surface area contributed by atoms with Crippen LogP contribution in [0.15, 0.2) is 24.4 Å². The van der Waals surface area contributed by atoms with Gasteiger partial charge in [0.25, 0.3) is 0 Å². The first-order valence-electron chi connectivity index (χ1n) is 10.2. The second-order valence-corrected chi connectivity index (χ2v) is 8.45. The van der Waals surface area contributed by atoms with E-state index in [0.29, 0.717) is 25.5 Å². The number of alkyl halides is 4. The lowest BCUT2D eigenvalue weighted by atomic mass is 9.95. The third-order valence-corrected chi connectivity index (χ3v) is 5.46. The molecule has 32 heavy (non-hydrogen) atoms. The molecule has 2 aromatic rings. The Bertz CT molecular complexity index is 1040. The van der Waals surface area contributed by atoms with Crippen molar-refractivity contribution >= 4 is 17.7 Å². The summed E-state index contributed by atoms with van der Waals surface area (Å²) in [6, 6.07) is 4.58. The van der Waals surface area contributed by atoms with Gasteiger partial charge < -0.3 is 15.0 Å². The number of anilines is 2. The molecule has 0 spiro atoms. The van der Waals surface area contributed by atoms with Crippen LogP contribution in [-0.2, 0) is 10.4 Å². The van der Waals surface area contributed by atoms with Gasteiger partial charge in [0.2, 0.25) is 6.10 Å². The number of nitrogens with zero attached hydrogens (tertiary/aromatic N) is 3. The van der Waals surface area contributed by atoms with Gasteiger partial charge in [0.15, 0.2) is 0 Å². The first-order valence-corrected chi connectivity index (χ1v) is 10.2. The van der Waals surface area contributed by atoms with Gasteiger partial charge in [0, 0.05) is 37.4 Å². The zero-order valence-corrected chi connectivity index (χ0v) is 17.8. The van der Waals surface area contributed by atoms with E-state index in [1.807, 2.05) is 11.8 Å². The molecule has 0 bridgehead atoms. The molecular weight excluding hydrogens is 430 g/mol. The van der Waals surface area contributed by atoms with Gasteiger partial charge in [-0.05, 0) is 44.5 Å². The van der Waals surface area contributed by atoms with E-state index in [1.54, 1.807) is 6.07 Å². The Morgan fingerprint density at radius 3 is 2.62 bits per heavy atom. The number of amides is 1. The molecule has 2 aliphatic rings. The van der Waals surface area contributed by atoms with Gasteiger partial charge in [-0.1, -0.05) is 0 Å². The molecule has 4 heterocycles. The van der Waals surface area contributed by atoms with Crippen molar-refractivity contribution in [2.75, 3.05) is 29.9 Å². The molecule has 0 aromatic carbocycles. The van der Waals surface area contributed by atoms with E-state index in [1.165, 1.54) is 32.2 Å². The highest BCUT2D eigenvalue weighted by Crippen LogP contribution is 2.45. The van der Waals surface area contributed by atoms with E-state index < -0.39 is 24.0 Å². The number of hydrogen-bond acceptors (Lipinski definition) is 6. The molecule has 2 atom stereocenters. The Morgan fingerprint density at radius 2 is 1.97 bits per heavy atom. The topological polar surface area (TPSA) is 79.4 Å². The second-order valence-electron chi connectivity index (χ2n) is 8.45. The van der Waals surface area contributed by atoms with E-state index in [2.05, 4.69) is 25.3 Å². The number of carbonyl (C=O) groups is 1. The van der Waals surface area contributed by atoms with Crippen LogP contribution in [-0.4, -0.2) is 47.9 Å². The van der Waals surface area contributed by atoms with E-state index in [-0.39, 0.29) is 34.2 Å². The van der Waals surface area contributed by atoms with Crippen LogP contribution in [0, 0.1) is 0 Å². The minimum Gasteiger partial charge on any atom is -0.431 e. The van der Waals surface area contributed by atoms with Gasteiger partial charge in [-0.15, -0.1) is 0 Å². The summed E-state index contributed by atoms with van der Waals surface area (Å²) < 4.78 is 60.8. The number of fused-ring (bicyclic) bond motifs is 1. The maximum atomic E-state index is 15.0. The molecular formula is C21H23F4N5O2. The maximum Gasteiger partial charge on any atom is 0.430 e. The fourth-order valence-corrected chi connectivity index (χ4v) is 3.88. The van der Waals surface area contributed by atoms with Gasteiger partial charge in [-0.3, -0.25) is 5.32 Å². The van der Waals surface area contributed by atoms with Gasteiger partial charge in [-0.2, -0.15) is 13.2 Å². The van der Waals surface area contributed by atoms with Crippen molar-refractivity contribution < 1.29 is 27.1 Å². The second kappa shape index (κ2) is 7.88. The molecule has 1 fully saturated rings. The Morgan fingerprint density at radius 1 is 1.22 bits per heavy atom. The van der Waals surface area contributed by atoms with Crippen LogP contribution in [0.1, 0.15) is 38.0 Å². The predicted octanol–water partition coefficient (Wildman–Crippen LogP) is 4.31. The molecule has 1 unspecified atom stereocenters. The van der Waals surface area contributed by atoms with Crippen molar-refractivity contribution in [3.8, 4) is 11.3 Å². The highest BCUT2D eigenvalue weighted by molar-refractivity contribution is 5.89. The quantitative estimate of drug-likeness (QED) is 0.675. The number of hydrogen-bond donors (Lipinski definition) is 2. The summed E-state index contributed by atoms with van der Waals surface area (Å²) in [4.78, 5) is 22.1. The SMILES string of the molecule is C[C@H]1CN(c2cc(C(C)(C)F)cc(-c3ccnc4c3C(C(F)(F)F)OC(=O)N4)n2)CCN1. The van der Waals surface area contributed by atoms with E-state index in [9.17, 15) is 22.4 Å². The van der Waals surface area contributed by atoms with Crippen LogP contribution in [0.4, 0.5) is 34.0 Å². The van der Waals surface area contributed by atoms with E-state index >= 15 is 0 Å². The lowest BCUT2D eigenvalue weighted by Gasteiger charge is -2.34. The average Bonchev–Trinajstić information content (AvgIpc) is 2.71. The zero-order valence-electron chi connectivity index (χ0n) is 17.8. The van der Waals surface area contributed by atoms with E-state index in [0.717, 1.165) is 0 Å². The standard InChI is InChI=1S/C21H23F4N5O2/c1-11-10-30(7-6-26-11)15-9-12(20(2,3)22)8-14(28-15)13-4-5-27-18-16(13)17(21(23,24)25)32-19(31)29-18/h4-5,8-9,11,17,26H,6-7,10H2,1-3H3,(H,27,29,31)/t11-,17?/m0/s1. The lowest BCUT2D eigenvalue weighted by Crippen LogP contribution is -2.49. The molecule has 1 amide bonds. The van der Waals surface area contributed by atoms with Gasteiger partial charge >= 0.3 is 12.3 Å². The predicted molar refractivity (Wildman–Crippen MR) is 110 cm³/mol. The molecule has 2 aromatic heterocycles. The highest BCUT2D eigenvalue weighted by atomic mass is 19.4.